The molecule has 3 heterocycles. The minimum Gasteiger partial charge on any atom is -0.495 e. The molecule has 1 aromatic heterocycles. The average molecular weight is 628 g/mol. The van der Waals surface area contributed by atoms with Gasteiger partial charge in [0, 0.05) is 38.3 Å². The van der Waals surface area contributed by atoms with E-state index in [1.165, 1.54) is 11.8 Å². The highest BCUT2D eigenvalue weighted by Crippen LogP contribution is 2.36. The second-order valence-corrected chi connectivity index (χ2v) is 12.1. The van der Waals surface area contributed by atoms with E-state index in [9.17, 15) is 13.2 Å². The Morgan fingerprint density at radius 3 is 2.47 bits per heavy atom. The van der Waals surface area contributed by atoms with Crippen LogP contribution in [0.4, 0.5) is 23.1 Å². The lowest BCUT2D eigenvalue weighted by atomic mass is 9.87. The summed E-state index contributed by atoms with van der Waals surface area (Å²) < 4.78 is 30.2. The smallest absolute Gasteiger partial charge is 0.229 e. The van der Waals surface area contributed by atoms with Crippen molar-refractivity contribution in [2.24, 2.45) is 0 Å². The van der Waals surface area contributed by atoms with Gasteiger partial charge in [-0.15, -0.1) is 0 Å². The molecule has 11 nitrogen and oxygen atoms in total. The minimum atomic E-state index is -2.72. The topological polar surface area (TPSA) is 129 Å². The number of nitrogens with one attached hydrogen (secondary N) is 3. The largest absolute Gasteiger partial charge is 0.495 e. The number of piperidine rings is 2. The van der Waals surface area contributed by atoms with Gasteiger partial charge in [-0.25, -0.2) is 18.1 Å². The number of thiol groups is 1. The zero-order valence-corrected chi connectivity index (χ0v) is 26.0. The molecule has 2 fully saturated rings. The Labute approximate surface area is 259 Å². The van der Waals surface area contributed by atoms with Crippen LogP contribution >= 0.6 is 11.6 Å². The second-order valence-electron chi connectivity index (χ2n) is 10.9. The molecule has 1 amide bonds. The zero-order valence-electron chi connectivity index (χ0n) is 24.4. The molecule has 0 bridgehead atoms. The van der Waals surface area contributed by atoms with E-state index in [4.69, 9.17) is 16.3 Å². The van der Waals surface area contributed by atoms with Gasteiger partial charge in [0.1, 0.15) is 10.8 Å². The zero-order chi connectivity index (χ0) is 30.3. The Morgan fingerprint density at radius 1 is 1.02 bits per heavy atom. The number of rotatable bonds is 10. The SMILES string of the molecule is COc1cc(C2CCN(C3CCN(C(C)=O)CC3)CC2)ccc1Nc1ncc(Cl)c(Nc2ccccc2CN[SH](=O)=O)n1. The molecule has 0 saturated carbocycles. The number of carbonyl (C=O) groups is 1. The van der Waals surface area contributed by atoms with Gasteiger partial charge in [0.05, 0.1) is 19.0 Å². The quantitative estimate of drug-likeness (QED) is 0.241. The molecular weight excluding hydrogens is 590 g/mol. The van der Waals surface area contributed by atoms with E-state index in [-0.39, 0.29) is 12.5 Å². The predicted molar refractivity (Wildman–Crippen MR) is 169 cm³/mol. The van der Waals surface area contributed by atoms with Crippen LogP contribution in [0.2, 0.25) is 5.02 Å². The molecule has 2 aliphatic heterocycles. The molecular formula is C30H38ClN7O4S. The van der Waals surface area contributed by atoms with Crippen molar-refractivity contribution in [3.05, 3.63) is 64.8 Å². The van der Waals surface area contributed by atoms with Crippen molar-refractivity contribution in [2.45, 2.75) is 51.1 Å². The fourth-order valence-electron chi connectivity index (χ4n) is 5.92. The van der Waals surface area contributed by atoms with Crippen molar-refractivity contribution >= 4 is 51.5 Å². The summed E-state index contributed by atoms with van der Waals surface area (Å²) in [5.41, 5.74) is 3.40. The molecule has 230 valence electrons. The lowest BCUT2D eigenvalue weighted by molar-refractivity contribution is -0.130. The number of halogens is 1. The minimum absolute atomic E-state index is 0.138. The van der Waals surface area contributed by atoms with E-state index in [0.717, 1.165) is 63.1 Å². The van der Waals surface area contributed by atoms with Crippen LogP contribution in [0.1, 0.15) is 49.7 Å². The monoisotopic (exact) mass is 627 g/mol. The van der Waals surface area contributed by atoms with Gasteiger partial charge in [0.2, 0.25) is 22.7 Å². The Kier molecular flexibility index (Phi) is 10.3. The predicted octanol–water partition coefficient (Wildman–Crippen LogP) is 4.43. The summed E-state index contributed by atoms with van der Waals surface area (Å²) in [5, 5.41) is 6.76. The first-order valence-electron chi connectivity index (χ1n) is 14.5. The average Bonchev–Trinajstić information content (AvgIpc) is 3.02. The highest BCUT2D eigenvalue weighted by molar-refractivity contribution is 7.70. The number of anilines is 4. The Balaban J connectivity index is 1.23. The fraction of sp³-hybridized carbons (Fsp3) is 0.433. The maximum absolute atomic E-state index is 11.7. The lowest BCUT2D eigenvalue weighted by Gasteiger charge is -2.41. The van der Waals surface area contributed by atoms with E-state index >= 15 is 0 Å². The van der Waals surface area contributed by atoms with Crippen molar-refractivity contribution in [2.75, 3.05) is 43.9 Å². The molecule has 0 unspecified atom stereocenters. The molecule has 0 aliphatic carbocycles. The van der Waals surface area contributed by atoms with Gasteiger partial charge in [-0.05, 0) is 74.0 Å². The molecule has 0 atom stereocenters. The fourth-order valence-corrected chi connectivity index (χ4v) is 6.36. The Morgan fingerprint density at radius 2 is 1.77 bits per heavy atom. The summed E-state index contributed by atoms with van der Waals surface area (Å²) in [6.45, 7) is 5.62. The summed E-state index contributed by atoms with van der Waals surface area (Å²) >= 11 is 6.40. The van der Waals surface area contributed by atoms with Gasteiger partial charge in [0.15, 0.2) is 5.82 Å². The van der Waals surface area contributed by atoms with E-state index in [2.05, 4.69) is 42.4 Å². The molecule has 0 spiro atoms. The van der Waals surface area contributed by atoms with Crippen LogP contribution in [0, 0.1) is 0 Å². The summed E-state index contributed by atoms with van der Waals surface area (Å²) in [4.78, 5) is 25.1. The second kappa shape index (κ2) is 14.3. The number of amides is 1. The number of hydrogen-bond acceptors (Lipinski definition) is 9. The highest BCUT2D eigenvalue weighted by atomic mass is 35.5. The van der Waals surface area contributed by atoms with E-state index in [1.807, 2.05) is 35.2 Å². The van der Waals surface area contributed by atoms with Crippen LogP contribution in [-0.4, -0.2) is 73.4 Å². The van der Waals surface area contributed by atoms with E-state index in [1.54, 1.807) is 14.0 Å². The molecule has 13 heteroatoms. The summed E-state index contributed by atoms with van der Waals surface area (Å²) in [7, 11) is -1.07. The first-order valence-corrected chi connectivity index (χ1v) is 16.1. The standard InChI is InChI=1S/C30H38ClN7O4S/c1-20(39)37-15-11-24(12-16-37)38-13-9-21(10-14-38)22-7-8-27(28(17-22)42-2)35-30-32-19-25(31)29(36-30)34-26-6-4-3-5-23(26)18-33-43(40)41/h3-8,17,19,21,24,43H,9-16,18H2,1-2H3,(H,33,40,41)(H2,32,34,35,36). The van der Waals surface area contributed by atoms with Crippen molar-refractivity contribution in [3.8, 4) is 5.75 Å². The molecule has 2 saturated heterocycles. The third-order valence-electron chi connectivity index (χ3n) is 8.31. The molecule has 2 aromatic carbocycles. The van der Waals surface area contributed by atoms with Crippen molar-refractivity contribution in [1.29, 1.82) is 0 Å². The number of methoxy groups -OCH3 is 1. The summed E-state index contributed by atoms with van der Waals surface area (Å²) in [6, 6.07) is 14.1. The van der Waals surface area contributed by atoms with Crippen LogP contribution in [0.25, 0.3) is 0 Å². The number of ether oxygens (including phenoxy) is 1. The van der Waals surface area contributed by atoms with Gasteiger partial charge in [-0.3, -0.25) is 4.79 Å². The Bertz CT molecular complexity index is 1500. The maximum atomic E-state index is 11.7. The molecule has 0 radical (unpaired) electrons. The van der Waals surface area contributed by atoms with Gasteiger partial charge >= 0.3 is 0 Å². The van der Waals surface area contributed by atoms with Gasteiger partial charge in [-0.1, -0.05) is 35.9 Å². The van der Waals surface area contributed by atoms with Gasteiger partial charge in [0.25, 0.3) is 0 Å². The third-order valence-corrected chi connectivity index (χ3v) is 9.01. The maximum Gasteiger partial charge on any atom is 0.229 e. The Hall–Kier alpha value is -3.45. The van der Waals surface area contributed by atoms with Crippen LogP contribution in [0.5, 0.6) is 5.75 Å². The van der Waals surface area contributed by atoms with Crippen LogP contribution in [0.3, 0.4) is 0 Å². The first kappa shape index (κ1) is 31.0. The first-order chi connectivity index (χ1) is 20.8. The van der Waals surface area contributed by atoms with Gasteiger partial charge < -0.3 is 25.2 Å². The number of likely N-dealkylation sites (tertiary alicyclic amines) is 2. The van der Waals surface area contributed by atoms with Crippen LogP contribution in [-0.2, 0) is 22.2 Å². The summed E-state index contributed by atoms with van der Waals surface area (Å²) in [5.74, 6) is 2.05. The number of nitrogens with zero attached hydrogens (tertiary/aromatic N) is 4. The number of hydrogen-bond donors (Lipinski definition) is 4. The van der Waals surface area contributed by atoms with Crippen molar-refractivity contribution in [1.82, 2.24) is 24.5 Å². The number of carbonyl (C=O) groups excluding carboxylic acids is 1. The molecule has 5 rings (SSSR count). The molecule has 3 N–H and O–H groups in total. The van der Waals surface area contributed by atoms with E-state index in [0.29, 0.717) is 40.2 Å². The number of benzene rings is 2. The number of aromatic nitrogens is 2. The van der Waals surface area contributed by atoms with Gasteiger partial charge in [-0.2, -0.15) is 4.98 Å². The summed E-state index contributed by atoms with van der Waals surface area (Å²) in [6.07, 6.45) is 5.78. The number of para-hydroxylation sites is 1. The van der Waals surface area contributed by atoms with Crippen LogP contribution < -0.4 is 20.1 Å². The van der Waals surface area contributed by atoms with E-state index < -0.39 is 10.9 Å². The molecule has 2 aliphatic rings. The normalized spacial score (nSPS) is 16.8. The van der Waals surface area contributed by atoms with Crippen LogP contribution in [0.15, 0.2) is 48.7 Å². The van der Waals surface area contributed by atoms with Crippen molar-refractivity contribution < 1.29 is 17.9 Å². The molecule has 43 heavy (non-hydrogen) atoms. The lowest BCUT2D eigenvalue weighted by Crippen LogP contribution is -2.48. The third kappa shape index (κ3) is 7.94. The molecule has 3 aromatic rings. The van der Waals surface area contributed by atoms with Crippen molar-refractivity contribution in [3.63, 3.8) is 0 Å². The highest BCUT2D eigenvalue weighted by Gasteiger charge is 2.29.